The van der Waals surface area contributed by atoms with E-state index in [1.807, 2.05) is 0 Å². The first-order valence-corrected chi connectivity index (χ1v) is 3.96. The quantitative estimate of drug-likeness (QED) is 0.395. The van der Waals surface area contributed by atoms with E-state index < -0.39 is 11.9 Å². The summed E-state index contributed by atoms with van der Waals surface area (Å²) in [6, 6.07) is 0. The lowest BCUT2D eigenvalue weighted by molar-refractivity contribution is -0.155. The van der Waals surface area contributed by atoms with Crippen LogP contribution in [-0.2, 0) is 14.3 Å². The molecule has 0 aromatic heterocycles. The van der Waals surface area contributed by atoms with Crippen molar-refractivity contribution >= 4 is 27.9 Å². The molecule has 10 heavy (non-hydrogen) atoms. The topological polar surface area (TPSA) is 43.4 Å². The van der Waals surface area contributed by atoms with Gasteiger partial charge in [0.1, 0.15) is 5.33 Å². The molecule has 0 aromatic carbocycles. The van der Waals surface area contributed by atoms with Crippen molar-refractivity contribution in [2.24, 2.45) is 0 Å². The third kappa shape index (κ3) is 4.49. The van der Waals surface area contributed by atoms with Gasteiger partial charge < -0.3 is 4.74 Å². The van der Waals surface area contributed by atoms with Crippen molar-refractivity contribution in [2.75, 3.05) is 5.33 Å². The predicted octanol–water partition coefficient (Wildman–Crippen LogP) is 1.07. The zero-order chi connectivity index (χ0) is 7.98. The van der Waals surface area contributed by atoms with Gasteiger partial charge in [0.2, 0.25) is 0 Å². The molecular weight excluding hydrogens is 200 g/mol. The zero-order valence-corrected chi connectivity index (χ0v) is 7.18. The maximum atomic E-state index is 10.5. The summed E-state index contributed by atoms with van der Waals surface area (Å²) in [5.74, 6) is -1.14. The monoisotopic (exact) mass is 207 g/mol. The second-order valence-electron chi connectivity index (χ2n) is 1.54. The van der Waals surface area contributed by atoms with E-state index in [-0.39, 0.29) is 5.33 Å². The number of ether oxygens (including phenoxy) is 1. The van der Waals surface area contributed by atoms with Crippen LogP contribution in [0.5, 0.6) is 0 Å². The summed E-state index contributed by atoms with van der Waals surface area (Å²) >= 11 is 2.85. The minimum absolute atomic E-state index is 0.0519. The predicted molar refractivity (Wildman–Crippen MR) is 39.5 cm³/mol. The Balaban J connectivity index is 3.47. The van der Waals surface area contributed by atoms with Crippen molar-refractivity contribution in [1.82, 2.24) is 0 Å². The Morgan fingerprint density at radius 2 is 2.20 bits per heavy atom. The molecule has 0 heterocycles. The highest BCUT2D eigenvalue weighted by molar-refractivity contribution is 9.09. The molecule has 0 N–H and O–H groups in total. The van der Waals surface area contributed by atoms with Crippen LogP contribution in [-0.4, -0.2) is 17.3 Å². The number of halogens is 1. The van der Waals surface area contributed by atoms with Gasteiger partial charge in [-0.15, -0.1) is 0 Å². The van der Waals surface area contributed by atoms with Crippen molar-refractivity contribution < 1.29 is 14.3 Å². The maximum absolute atomic E-state index is 10.5. The standard InChI is InChI=1S/C6H8BrO3/c1-2-3-5(8)10-6(9)4-7/h3H,2,4H2,1H3. The first kappa shape index (κ1) is 9.62. The summed E-state index contributed by atoms with van der Waals surface area (Å²) in [5.41, 5.74) is 0. The summed E-state index contributed by atoms with van der Waals surface area (Å²) in [6.07, 6.45) is 1.88. The highest BCUT2D eigenvalue weighted by Crippen LogP contribution is 1.92. The van der Waals surface area contributed by atoms with E-state index in [0.717, 1.165) is 0 Å². The number of alkyl halides is 1. The van der Waals surface area contributed by atoms with Crippen molar-refractivity contribution in [3.63, 3.8) is 0 Å². The Morgan fingerprint density at radius 1 is 1.60 bits per heavy atom. The fourth-order valence-electron chi connectivity index (χ4n) is 0.348. The van der Waals surface area contributed by atoms with Gasteiger partial charge in [0.25, 0.3) is 0 Å². The van der Waals surface area contributed by atoms with E-state index in [0.29, 0.717) is 6.42 Å². The van der Waals surface area contributed by atoms with Crippen LogP contribution in [0.3, 0.4) is 0 Å². The molecule has 0 bridgehead atoms. The molecule has 0 amide bonds. The van der Waals surface area contributed by atoms with E-state index in [9.17, 15) is 9.59 Å². The van der Waals surface area contributed by atoms with E-state index in [4.69, 9.17) is 0 Å². The third-order valence-electron chi connectivity index (χ3n) is 0.694. The van der Waals surface area contributed by atoms with Crippen LogP contribution in [0.25, 0.3) is 0 Å². The Labute approximate surface area is 67.9 Å². The SMILES string of the molecule is CC[CH]C(=O)OC(=O)CBr. The molecule has 0 spiro atoms. The second kappa shape index (κ2) is 5.41. The van der Waals surface area contributed by atoms with Gasteiger partial charge in [0.15, 0.2) is 0 Å². The molecule has 0 aliphatic heterocycles. The zero-order valence-electron chi connectivity index (χ0n) is 5.59. The largest absolute Gasteiger partial charge is 0.392 e. The summed E-state index contributed by atoms with van der Waals surface area (Å²) in [7, 11) is 0. The molecule has 4 heteroatoms. The number of carbonyl (C=O) groups is 2. The molecular formula is C6H8BrO3. The van der Waals surface area contributed by atoms with Gasteiger partial charge in [-0.1, -0.05) is 22.9 Å². The van der Waals surface area contributed by atoms with Gasteiger partial charge in [0.05, 0.1) is 6.42 Å². The third-order valence-corrected chi connectivity index (χ3v) is 1.15. The molecule has 0 unspecified atom stereocenters. The molecule has 0 fully saturated rings. The van der Waals surface area contributed by atoms with E-state index >= 15 is 0 Å². The molecule has 57 valence electrons. The minimum atomic E-state index is -0.577. The first-order valence-electron chi connectivity index (χ1n) is 2.84. The van der Waals surface area contributed by atoms with Gasteiger partial charge in [-0.3, -0.25) is 9.59 Å². The van der Waals surface area contributed by atoms with Crippen LogP contribution in [0.4, 0.5) is 0 Å². The number of esters is 2. The minimum Gasteiger partial charge on any atom is -0.392 e. The van der Waals surface area contributed by atoms with Crippen LogP contribution < -0.4 is 0 Å². The summed E-state index contributed by atoms with van der Waals surface area (Å²) in [4.78, 5) is 20.9. The lowest BCUT2D eigenvalue weighted by Crippen LogP contribution is -2.12. The highest BCUT2D eigenvalue weighted by atomic mass is 79.9. The Morgan fingerprint density at radius 3 is 2.60 bits per heavy atom. The number of rotatable bonds is 3. The summed E-state index contributed by atoms with van der Waals surface area (Å²) in [5, 5.41) is 0.0519. The average Bonchev–Trinajstić information content (AvgIpc) is 1.88. The van der Waals surface area contributed by atoms with E-state index in [1.165, 1.54) is 6.42 Å². The van der Waals surface area contributed by atoms with Crippen LogP contribution >= 0.6 is 15.9 Å². The van der Waals surface area contributed by atoms with Crippen molar-refractivity contribution in [3.8, 4) is 0 Å². The van der Waals surface area contributed by atoms with Crippen LogP contribution in [0.2, 0.25) is 0 Å². The van der Waals surface area contributed by atoms with Crippen molar-refractivity contribution in [3.05, 3.63) is 6.42 Å². The van der Waals surface area contributed by atoms with Crippen molar-refractivity contribution in [1.29, 1.82) is 0 Å². The Hall–Kier alpha value is -0.380. The fraction of sp³-hybridized carbons (Fsp3) is 0.500. The molecule has 0 saturated carbocycles. The molecule has 0 aromatic rings. The summed E-state index contributed by atoms with van der Waals surface area (Å²) in [6.45, 7) is 1.79. The van der Waals surface area contributed by atoms with Crippen molar-refractivity contribution in [2.45, 2.75) is 13.3 Å². The Bertz CT molecular complexity index is 133. The van der Waals surface area contributed by atoms with Crippen LogP contribution in [0, 0.1) is 6.42 Å². The molecule has 0 rings (SSSR count). The molecule has 0 aliphatic carbocycles. The normalized spacial score (nSPS) is 9.00. The number of hydrogen-bond donors (Lipinski definition) is 0. The molecule has 0 aliphatic rings. The van der Waals surface area contributed by atoms with E-state index in [1.54, 1.807) is 6.92 Å². The van der Waals surface area contributed by atoms with Gasteiger partial charge >= 0.3 is 11.9 Å². The molecule has 3 nitrogen and oxygen atoms in total. The maximum Gasteiger partial charge on any atom is 0.324 e. The van der Waals surface area contributed by atoms with Gasteiger partial charge in [-0.2, -0.15) is 0 Å². The van der Waals surface area contributed by atoms with E-state index in [2.05, 4.69) is 20.7 Å². The van der Waals surface area contributed by atoms with Gasteiger partial charge in [0, 0.05) is 0 Å². The number of carbonyl (C=O) groups excluding carboxylic acids is 2. The molecule has 0 atom stereocenters. The smallest absolute Gasteiger partial charge is 0.324 e. The fourth-order valence-corrected chi connectivity index (χ4v) is 0.462. The average molecular weight is 208 g/mol. The Kier molecular flexibility index (Phi) is 5.20. The molecule has 0 saturated heterocycles. The first-order chi connectivity index (χ1) is 4.70. The number of hydrogen-bond acceptors (Lipinski definition) is 3. The lowest BCUT2D eigenvalue weighted by Gasteiger charge is -1.96. The van der Waals surface area contributed by atoms with Crippen LogP contribution in [0.15, 0.2) is 0 Å². The highest BCUT2D eigenvalue weighted by Gasteiger charge is 2.06. The molecule has 1 radical (unpaired) electrons. The van der Waals surface area contributed by atoms with Gasteiger partial charge in [-0.05, 0) is 6.42 Å². The summed E-state index contributed by atoms with van der Waals surface area (Å²) < 4.78 is 4.26. The van der Waals surface area contributed by atoms with Gasteiger partial charge in [-0.25, -0.2) is 0 Å². The second-order valence-corrected chi connectivity index (χ2v) is 2.10. The van der Waals surface area contributed by atoms with Crippen LogP contribution in [0.1, 0.15) is 13.3 Å². The lowest BCUT2D eigenvalue weighted by atomic mass is 10.3.